The van der Waals surface area contributed by atoms with E-state index in [1.165, 1.54) is 0 Å². The van der Waals surface area contributed by atoms with Gasteiger partial charge in [-0.3, -0.25) is 4.68 Å². The van der Waals surface area contributed by atoms with Gasteiger partial charge in [0.1, 0.15) is 10.8 Å². The summed E-state index contributed by atoms with van der Waals surface area (Å²) < 4.78 is 7.36. The average Bonchev–Trinajstić information content (AvgIpc) is 2.98. The average molecular weight is 342 g/mol. The van der Waals surface area contributed by atoms with Crippen molar-refractivity contribution >= 4 is 23.0 Å². The van der Waals surface area contributed by atoms with E-state index in [-0.39, 0.29) is 5.02 Å². The molecule has 0 unspecified atom stereocenters. The van der Waals surface area contributed by atoms with Gasteiger partial charge in [-0.25, -0.2) is 4.79 Å². The summed E-state index contributed by atoms with van der Waals surface area (Å²) in [7, 11) is 3.81. The highest BCUT2D eigenvalue weighted by Gasteiger charge is 2.29. The van der Waals surface area contributed by atoms with E-state index in [4.69, 9.17) is 16.0 Å². The first-order chi connectivity index (χ1) is 11.6. The lowest BCUT2D eigenvalue weighted by atomic mass is 9.93. The van der Waals surface area contributed by atoms with Crippen LogP contribution in [0.25, 0.3) is 11.3 Å². The minimum absolute atomic E-state index is 0.118. The van der Waals surface area contributed by atoms with Gasteiger partial charge in [0, 0.05) is 31.0 Å². The molecule has 0 saturated heterocycles. The molecule has 0 radical (unpaired) electrons. The zero-order valence-corrected chi connectivity index (χ0v) is 14.2. The molecular weight excluding hydrogens is 326 g/mol. The number of anilines is 2. The summed E-state index contributed by atoms with van der Waals surface area (Å²) in [5.74, 6) is 0.580. The second kappa shape index (κ2) is 5.53. The van der Waals surface area contributed by atoms with Crippen molar-refractivity contribution < 1.29 is 4.42 Å². The number of aryl methyl sites for hydroxylation is 1. The monoisotopic (exact) mass is 341 g/mol. The minimum Gasteiger partial charge on any atom is -0.421 e. The number of rotatable bonds is 2. The standard InChI is InChI=1S/C18H16ClN3O2/c1-21(11-6-4-3-5-7-11)16-12-8-9-14-13(10-20-22(14)2)17(12)24-18(23)15(16)19/h3-7,10H,8-9H2,1-2H3. The molecule has 5 nitrogen and oxygen atoms in total. The van der Waals surface area contributed by atoms with Gasteiger partial charge in [0.05, 0.1) is 17.4 Å². The molecule has 1 aliphatic carbocycles. The predicted octanol–water partition coefficient (Wildman–Crippen LogP) is 3.56. The van der Waals surface area contributed by atoms with E-state index in [2.05, 4.69) is 5.10 Å². The first-order valence-electron chi connectivity index (χ1n) is 7.73. The lowest BCUT2D eigenvalue weighted by Gasteiger charge is -2.26. The molecule has 0 atom stereocenters. The number of fused-ring (bicyclic) bond motifs is 3. The van der Waals surface area contributed by atoms with Gasteiger partial charge in [-0.05, 0) is 25.0 Å². The quantitative estimate of drug-likeness (QED) is 0.715. The smallest absolute Gasteiger partial charge is 0.357 e. The van der Waals surface area contributed by atoms with Crippen molar-refractivity contribution in [3.63, 3.8) is 0 Å². The predicted molar refractivity (Wildman–Crippen MR) is 94.1 cm³/mol. The van der Waals surface area contributed by atoms with Gasteiger partial charge in [0.2, 0.25) is 0 Å². The maximum absolute atomic E-state index is 12.3. The lowest BCUT2D eigenvalue weighted by Crippen LogP contribution is -2.20. The molecule has 4 rings (SSSR count). The molecule has 2 heterocycles. The number of nitrogens with zero attached hydrogens (tertiary/aromatic N) is 3. The second-order valence-electron chi connectivity index (χ2n) is 5.88. The van der Waals surface area contributed by atoms with Crippen LogP contribution < -0.4 is 10.5 Å². The molecule has 3 aromatic rings. The van der Waals surface area contributed by atoms with Gasteiger partial charge in [-0.1, -0.05) is 29.8 Å². The highest BCUT2D eigenvalue weighted by atomic mass is 35.5. The van der Waals surface area contributed by atoms with Gasteiger partial charge in [-0.15, -0.1) is 0 Å². The molecule has 0 bridgehead atoms. The van der Waals surface area contributed by atoms with E-state index in [1.54, 1.807) is 6.20 Å². The van der Waals surface area contributed by atoms with Gasteiger partial charge >= 0.3 is 5.63 Å². The third-order valence-electron chi connectivity index (χ3n) is 4.54. The topological polar surface area (TPSA) is 51.3 Å². The largest absolute Gasteiger partial charge is 0.421 e. The zero-order chi connectivity index (χ0) is 16.8. The van der Waals surface area contributed by atoms with Gasteiger partial charge in [0.15, 0.2) is 0 Å². The maximum atomic E-state index is 12.3. The Morgan fingerprint density at radius 3 is 2.75 bits per heavy atom. The summed E-state index contributed by atoms with van der Waals surface area (Å²) in [5, 5.41) is 4.41. The number of aromatic nitrogens is 2. The second-order valence-corrected chi connectivity index (χ2v) is 6.26. The number of para-hydroxylation sites is 1. The fourth-order valence-electron chi connectivity index (χ4n) is 3.31. The number of halogens is 1. The Morgan fingerprint density at radius 2 is 2.00 bits per heavy atom. The lowest BCUT2D eigenvalue weighted by molar-refractivity contribution is 0.514. The van der Waals surface area contributed by atoms with Crippen molar-refractivity contribution in [2.75, 3.05) is 11.9 Å². The van der Waals surface area contributed by atoms with Gasteiger partial charge < -0.3 is 9.32 Å². The van der Waals surface area contributed by atoms with Crippen LogP contribution >= 0.6 is 11.6 Å². The summed E-state index contributed by atoms with van der Waals surface area (Å²) in [6, 6.07) is 9.83. The third kappa shape index (κ3) is 2.16. The Labute approximate surface area is 144 Å². The Kier molecular flexibility index (Phi) is 3.46. The van der Waals surface area contributed by atoms with Crippen LogP contribution in [0.1, 0.15) is 11.3 Å². The van der Waals surface area contributed by atoms with Crippen LogP contribution in [0.3, 0.4) is 0 Å². The molecule has 0 aliphatic heterocycles. The van der Waals surface area contributed by atoms with E-state index in [1.807, 2.05) is 54.0 Å². The van der Waals surface area contributed by atoms with Crippen molar-refractivity contribution in [2.45, 2.75) is 12.8 Å². The first-order valence-corrected chi connectivity index (χ1v) is 8.11. The van der Waals surface area contributed by atoms with Crippen molar-refractivity contribution in [1.29, 1.82) is 0 Å². The Hall–Kier alpha value is -2.53. The molecule has 0 N–H and O–H groups in total. The van der Waals surface area contributed by atoms with Crippen LogP contribution in [0.5, 0.6) is 0 Å². The van der Waals surface area contributed by atoms with E-state index in [0.29, 0.717) is 11.4 Å². The molecule has 1 aliphatic rings. The van der Waals surface area contributed by atoms with E-state index < -0.39 is 5.63 Å². The SMILES string of the molecule is CN(c1ccccc1)c1c2c(oc(=O)c1Cl)-c1cnn(C)c1CC2. The molecule has 1 aromatic carbocycles. The Morgan fingerprint density at radius 1 is 1.25 bits per heavy atom. The normalized spacial score (nSPS) is 12.6. The highest BCUT2D eigenvalue weighted by Crippen LogP contribution is 2.41. The van der Waals surface area contributed by atoms with E-state index in [9.17, 15) is 4.79 Å². The third-order valence-corrected chi connectivity index (χ3v) is 4.87. The summed E-state index contributed by atoms with van der Waals surface area (Å²) in [6.45, 7) is 0. The van der Waals surface area contributed by atoms with E-state index in [0.717, 1.165) is 35.3 Å². The van der Waals surface area contributed by atoms with Gasteiger partial charge in [0.25, 0.3) is 0 Å². The van der Waals surface area contributed by atoms with Crippen LogP contribution in [0.4, 0.5) is 11.4 Å². The fourth-order valence-corrected chi connectivity index (χ4v) is 3.59. The zero-order valence-electron chi connectivity index (χ0n) is 13.4. The van der Waals surface area contributed by atoms with Crippen LogP contribution in [0, 0.1) is 0 Å². The Balaban J connectivity index is 1.96. The number of hydrogen-bond acceptors (Lipinski definition) is 4. The number of hydrogen-bond donors (Lipinski definition) is 0. The van der Waals surface area contributed by atoms with Crippen molar-refractivity contribution in [3.05, 3.63) is 63.2 Å². The van der Waals surface area contributed by atoms with E-state index >= 15 is 0 Å². The minimum atomic E-state index is -0.523. The molecule has 6 heteroatoms. The van der Waals surface area contributed by atoms with Gasteiger partial charge in [-0.2, -0.15) is 5.10 Å². The highest BCUT2D eigenvalue weighted by molar-refractivity contribution is 6.33. The van der Waals surface area contributed by atoms with Crippen LogP contribution in [-0.2, 0) is 19.9 Å². The van der Waals surface area contributed by atoms with Crippen LogP contribution in [-0.4, -0.2) is 16.8 Å². The summed E-state index contributed by atoms with van der Waals surface area (Å²) in [6.07, 6.45) is 3.33. The van der Waals surface area contributed by atoms with Crippen molar-refractivity contribution in [3.8, 4) is 11.3 Å². The van der Waals surface area contributed by atoms with Crippen LogP contribution in [0.2, 0.25) is 5.02 Å². The molecule has 2 aromatic heterocycles. The molecule has 24 heavy (non-hydrogen) atoms. The number of benzene rings is 1. The van der Waals surface area contributed by atoms with Crippen molar-refractivity contribution in [2.24, 2.45) is 7.05 Å². The Bertz CT molecular complexity index is 976. The molecule has 0 spiro atoms. The molecule has 0 fully saturated rings. The molecule has 0 amide bonds. The summed E-state index contributed by atoms with van der Waals surface area (Å²) >= 11 is 6.34. The summed E-state index contributed by atoms with van der Waals surface area (Å²) in [5.41, 5.74) is 4.04. The molecule has 0 saturated carbocycles. The first kappa shape index (κ1) is 15.0. The van der Waals surface area contributed by atoms with Crippen molar-refractivity contribution in [1.82, 2.24) is 9.78 Å². The van der Waals surface area contributed by atoms with Crippen LogP contribution in [0.15, 0.2) is 45.7 Å². The molecule has 122 valence electrons. The fraction of sp³-hybridized carbons (Fsp3) is 0.222. The summed E-state index contributed by atoms with van der Waals surface area (Å²) in [4.78, 5) is 14.3. The maximum Gasteiger partial charge on any atom is 0.357 e. The molecular formula is C18H16ClN3O2.